The van der Waals surface area contributed by atoms with Gasteiger partial charge in [-0.2, -0.15) is 0 Å². The molecular formula is C16H14F2N2S. The van der Waals surface area contributed by atoms with Crippen molar-refractivity contribution in [2.45, 2.75) is 12.2 Å². The van der Waals surface area contributed by atoms with Crippen molar-refractivity contribution in [2.75, 3.05) is 11.9 Å². The van der Waals surface area contributed by atoms with Crippen molar-refractivity contribution in [2.24, 2.45) is 4.99 Å². The van der Waals surface area contributed by atoms with Crippen LogP contribution in [0.5, 0.6) is 0 Å². The van der Waals surface area contributed by atoms with Crippen molar-refractivity contribution in [3.8, 4) is 0 Å². The highest BCUT2D eigenvalue weighted by Crippen LogP contribution is 2.35. The number of hydrogen-bond acceptors (Lipinski definition) is 3. The number of nitrogens with one attached hydrogen (secondary N) is 1. The van der Waals surface area contributed by atoms with Crippen LogP contribution in [0.1, 0.15) is 16.4 Å². The number of hydrogen-bond donors (Lipinski definition) is 1. The molecule has 0 radical (unpaired) electrons. The van der Waals surface area contributed by atoms with Crippen LogP contribution < -0.4 is 5.32 Å². The van der Waals surface area contributed by atoms with Gasteiger partial charge in [0.25, 0.3) is 0 Å². The molecule has 2 nitrogen and oxygen atoms in total. The Morgan fingerprint density at radius 1 is 1.14 bits per heavy atom. The molecule has 0 aromatic heterocycles. The molecule has 5 heteroatoms. The molecular weight excluding hydrogens is 290 g/mol. The molecule has 0 bridgehead atoms. The molecule has 0 saturated heterocycles. The minimum absolute atomic E-state index is 0.123. The van der Waals surface area contributed by atoms with E-state index in [1.165, 1.54) is 36.4 Å². The van der Waals surface area contributed by atoms with E-state index in [9.17, 15) is 8.78 Å². The number of amidine groups is 1. The molecule has 1 atom stereocenters. The summed E-state index contributed by atoms with van der Waals surface area (Å²) >= 11 is 1.53. The second kappa shape index (κ2) is 5.85. The van der Waals surface area contributed by atoms with E-state index in [1.54, 1.807) is 0 Å². The lowest BCUT2D eigenvalue weighted by Gasteiger charge is -2.10. The number of halogens is 2. The topological polar surface area (TPSA) is 24.4 Å². The molecule has 1 heterocycles. The molecule has 2 aromatic rings. The number of benzene rings is 2. The Bertz CT molecular complexity index is 686. The summed E-state index contributed by atoms with van der Waals surface area (Å²) in [7, 11) is 0. The van der Waals surface area contributed by atoms with Crippen molar-refractivity contribution in [1.82, 2.24) is 0 Å². The minimum Gasteiger partial charge on any atom is -0.332 e. The van der Waals surface area contributed by atoms with Gasteiger partial charge in [0.05, 0.1) is 17.5 Å². The monoisotopic (exact) mass is 304 g/mol. The summed E-state index contributed by atoms with van der Waals surface area (Å²) in [6.45, 7) is 2.17. The zero-order valence-corrected chi connectivity index (χ0v) is 12.3. The van der Waals surface area contributed by atoms with Gasteiger partial charge < -0.3 is 5.32 Å². The maximum atomic E-state index is 13.8. The van der Waals surface area contributed by atoms with Gasteiger partial charge in [-0.05, 0) is 24.1 Å². The molecule has 0 spiro atoms. The van der Waals surface area contributed by atoms with Gasteiger partial charge in [-0.15, -0.1) is 0 Å². The number of aryl methyl sites for hydroxylation is 1. The van der Waals surface area contributed by atoms with Crippen molar-refractivity contribution in [1.29, 1.82) is 0 Å². The fraction of sp³-hybridized carbons (Fsp3) is 0.188. The first-order valence-electron chi connectivity index (χ1n) is 6.62. The summed E-state index contributed by atoms with van der Waals surface area (Å²) in [5.74, 6) is -0.900. The van der Waals surface area contributed by atoms with E-state index < -0.39 is 11.6 Å². The molecule has 0 amide bonds. The number of aliphatic imine (C=N–C) groups is 1. The van der Waals surface area contributed by atoms with E-state index in [-0.39, 0.29) is 10.9 Å². The lowest BCUT2D eigenvalue weighted by atomic mass is 10.1. The standard InChI is InChI=1S/C16H14F2N2S/c1-10-7-13(18)14(8-12(10)17)20-16-19-9-15(21-16)11-5-3-2-4-6-11/h2-8,15H,9H2,1H3,(H,19,20). The smallest absolute Gasteiger partial charge is 0.161 e. The maximum absolute atomic E-state index is 13.8. The first-order chi connectivity index (χ1) is 10.1. The predicted octanol–water partition coefficient (Wildman–Crippen LogP) is 4.53. The zero-order valence-electron chi connectivity index (χ0n) is 11.4. The Hall–Kier alpha value is -1.88. The molecule has 1 aliphatic heterocycles. The summed E-state index contributed by atoms with van der Waals surface area (Å²) in [5.41, 5.74) is 1.60. The zero-order chi connectivity index (χ0) is 14.8. The van der Waals surface area contributed by atoms with Crippen molar-refractivity contribution >= 4 is 22.6 Å². The van der Waals surface area contributed by atoms with Crippen LogP contribution in [0.25, 0.3) is 0 Å². The lowest BCUT2D eigenvalue weighted by molar-refractivity contribution is 0.596. The molecule has 3 rings (SSSR count). The van der Waals surface area contributed by atoms with Crippen LogP contribution in [0.15, 0.2) is 47.5 Å². The third-order valence-electron chi connectivity index (χ3n) is 3.32. The van der Waals surface area contributed by atoms with Gasteiger partial charge in [0, 0.05) is 6.07 Å². The van der Waals surface area contributed by atoms with Crippen LogP contribution in [0, 0.1) is 18.6 Å². The average molecular weight is 304 g/mol. The third kappa shape index (κ3) is 3.08. The summed E-state index contributed by atoms with van der Waals surface area (Å²) < 4.78 is 27.3. The molecule has 0 aliphatic carbocycles. The van der Waals surface area contributed by atoms with Crippen LogP contribution in [-0.2, 0) is 0 Å². The molecule has 108 valence electrons. The van der Waals surface area contributed by atoms with E-state index in [0.717, 1.165) is 0 Å². The summed E-state index contributed by atoms with van der Waals surface area (Å²) in [5, 5.41) is 3.71. The fourth-order valence-corrected chi connectivity index (χ4v) is 3.17. The van der Waals surface area contributed by atoms with E-state index in [1.807, 2.05) is 30.3 Å². The quantitative estimate of drug-likeness (QED) is 0.881. The van der Waals surface area contributed by atoms with Gasteiger partial charge in [0.1, 0.15) is 11.6 Å². The van der Waals surface area contributed by atoms with Crippen LogP contribution in [0.2, 0.25) is 0 Å². The Balaban J connectivity index is 1.72. The Morgan fingerprint density at radius 2 is 1.90 bits per heavy atom. The molecule has 1 N–H and O–H groups in total. The predicted molar refractivity (Wildman–Crippen MR) is 83.8 cm³/mol. The second-order valence-electron chi connectivity index (χ2n) is 4.87. The molecule has 0 fully saturated rings. The largest absolute Gasteiger partial charge is 0.332 e. The molecule has 0 saturated carbocycles. The van der Waals surface area contributed by atoms with Crippen molar-refractivity contribution in [3.63, 3.8) is 0 Å². The van der Waals surface area contributed by atoms with E-state index in [0.29, 0.717) is 17.3 Å². The second-order valence-corrected chi connectivity index (χ2v) is 6.06. The summed E-state index contributed by atoms with van der Waals surface area (Å²) in [6, 6.07) is 12.4. The normalized spacial score (nSPS) is 17.7. The van der Waals surface area contributed by atoms with Gasteiger partial charge in [-0.25, -0.2) is 8.78 Å². The van der Waals surface area contributed by atoms with Crippen LogP contribution >= 0.6 is 11.8 Å². The number of thioether (sulfide) groups is 1. The minimum atomic E-state index is -0.472. The van der Waals surface area contributed by atoms with Gasteiger partial charge in [0.2, 0.25) is 0 Å². The van der Waals surface area contributed by atoms with Crippen molar-refractivity contribution in [3.05, 3.63) is 65.2 Å². The Morgan fingerprint density at radius 3 is 2.67 bits per heavy atom. The summed E-state index contributed by atoms with van der Waals surface area (Å²) in [6.07, 6.45) is 0. The van der Waals surface area contributed by atoms with Crippen molar-refractivity contribution < 1.29 is 8.78 Å². The molecule has 21 heavy (non-hydrogen) atoms. The van der Waals surface area contributed by atoms with Gasteiger partial charge in [-0.1, -0.05) is 42.1 Å². The SMILES string of the molecule is Cc1cc(F)c(NC2=NCC(c3ccccc3)S2)cc1F. The molecule has 1 aliphatic rings. The van der Waals surface area contributed by atoms with Gasteiger partial charge >= 0.3 is 0 Å². The Labute approximate surface area is 126 Å². The highest BCUT2D eigenvalue weighted by atomic mass is 32.2. The Kier molecular flexibility index (Phi) is 3.92. The van der Waals surface area contributed by atoms with E-state index in [2.05, 4.69) is 10.3 Å². The van der Waals surface area contributed by atoms with Crippen LogP contribution in [-0.4, -0.2) is 11.7 Å². The van der Waals surface area contributed by atoms with Crippen LogP contribution in [0.3, 0.4) is 0 Å². The highest BCUT2D eigenvalue weighted by Gasteiger charge is 2.22. The van der Waals surface area contributed by atoms with Gasteiger partial charge in [-0.3, -0.25) is 4.99 Å². The average Bonchev–Trinajstić information content (AvgIpc) is 2.94. The molecule has 2 aromatic carbocycles. The third-order valence-corrected chi connectivity index (χ3v) is 4.48. The van der Waals surface area contributed by atoms with E-state index >= 15 is 0 Å². The van der Waals surface area contributed by atoms with Gasteiger partial charge in [0.15, 0.2) is 5.17 Å². The summed E-state index contributed by atoms with van der Waals surface area (Å²) in [4.78, 5) is 4.36. The number of nitrogens with zero attached hydrogens (tertiary/aromatic N) is 1. The number of anilines is 1. The number of rotatable bonds is 2. The maximum Gasteiger partial charge on any atom is 0.161 e. The first kappa shape index (κ1) is 14.1. The lowest BCUT2D eigenvalue weighted by Crippen LogP contribution is -2.08. The highest BCUT2D eigenvalue weighted by molar-refractivity contribution is 8.14. The van der Waals surface area contributed by atoms with Crippen LogP contribution in [0.4, 0.5) is 14.5 Å². The first-order valence-corrected chi connectivity index (χ1v) is 7.50. The molecule has 1 unspecified atom stereocenters. The van der Waals surface area contributed by atoms with E-state index in [4.69, 9.17) is 0 Å². The fourth-order valence-electron chi connectivity index (χ4n) is 2.14.